The van der Waals surface area contributed by atoms with E-state index in [2.05, 4.69) is 10.6 Å². The van der Waals surface area contributed by atoms with E-state index in [4.69, 9.17) is 16.3 Å². The molecule has 3 aromatic rings. The van der Waals surface area contributed by atoms with E-state index in [-0.39, 0.29) is 11.5 Å². The summed E-state index contributed by atoms with van der Waals surface area (Å²) in [5.74, 6) is -0.216. The number of carbonyl (C=O) groups is 2. The number of amides is 2. The number of benzene rings is 3. The molecule has 3 rings (SSSR count). The molecule has 0 atom stereocenters. The third kappa shape index (κ3) is 5.72. The maximum Gasteiger partial charge on any atom is 0.266 e. The normalized spacial score (nSPS) is 10.7. The second-order valence-corrected chi connectivity index (χ2v) is 6.82. The number of anilines is 2. The van der Waals surface area contributed by atoms with Crippen LogP contribution >= 0.6 is 11.6 Å². The molecule has 7 heteroatoms. The van der Waals surface area contributed by atoms with Gasteiger partial charge in [0, 0.05) is 11.3 Å². The molecule has 0 aliphatic rings. The van der Waals surface area contributed by atoms with Crippen molar-refractivity contribution in [2.24, 2.45) is 0 Å². The van der Waals surface area contributed by atoms with Gasteiger partial charge in [0.1, 0.15) is 17.4 Å². The monoisotopic (exact) mass is 431 g/mol. The Kier molecular flexibility index (Phi) is 7.05. The smallest absolute Gasteiger partial charge is 0.266 e. The number of rotatable bonds is 6. The van der Waals surface area contributed by atoms with Crippen molar-refractivity contribution in [1.29, 1.82) is 5.26 Å². The SMILES string of the molecule is COc1ccc(C(=O)Nc2cccc(/C=C(\C#N)C(=O)Nc3ccccc3Cl)c2)cc1. The van der Waals surface area contributed by atoms with E-state index in [0.29, 0.717) is 33.3 Å². The van der Waals surface area contributed by atoms with Gasteiger partial charge in [0.25, 0.3) is 11.8 Å². The molecule has 0 aromatic heterocycles. The highest BCUT2D eigenvalue weighted by molar-refractivity contribution is 6.34. The van der Waals surface area contributed by atoms with Crippen molar-refractivity contribution >= 4 is 40.9 Å². The molecule has 0 saturated heterocycles. The largest absolute Gasteiger partial charge is 0.497 e. The van der Waals surface area contributed by atoms with E-state index in [0.717, 1.165) is 0 Å². The molecule has 0 aliphatic carbocycles. The van der Waals surface area contributed by atoms with Gasteiger partial charge in [-0.3, -0.25) is 9.59 Å². The first-order valence-electron chi connectivity index (χ1n) is 9.23. The van der Waals surface area contributed by atoms with Gasteiger partial charge in [-0.1, -0.05) is 35.9 Å². The van der Waals surface area contributed by atoms with E-state index in [1.165, 1.54) is 6.08 Å². The standard InChI is InChI=1S/C24H18ClN3O3/c1-31-20-11-9-17(10-12-20)23(29)27-19-6-4-5-16(14-19)13-18(15-26)24(30)28-22-8-3-2-7-21(22)25/h2-14H,1H3,(H,27,29)(H,28,30)/b18-13+. The van der Waals surface area contributed by atoms with Crippen LogP contribution in [0.25, 0.3) is 6.08 Å². The van der Waals surface area contributed by atoms with Gasteiger partial charge in [-0.2, -0.15) is 5.26 Å². The lowest BCUT2D eigenvalue weighted by Gasteiger charge is -2.08. The number of ether oxygens (including phenoxy) is 1. The first-order chi connectivity index (χ1) is 15.0. The van der Waals surface area contributed by atoms with Crippen LogP contribution < -0.4 is 15.4 Å². The number of nitrogens with one attached hydrogen (secondary N) is 2. The highest BCUT2D eigenvalue weighted by Gasteiger charge is 2.12. The third-order valence-corrected chi connectivity index (χ3v) is 4.62. The molecular weight excluding hydrogens is 414 g/mol. The lowest BCUT2D eigenvalue weighted by atomic mass is 10.1. The van der Waals surface area contributed by atoms with E-state index < -0.39 is 5.91 Å². The predicted molar refractivity (Wildman–Crippen MR) is 121 cm³/mol. The summed E-state index contributed by atoms with van der Waals surface area (Å²) in [4.78, 5) is 24.9. The summed E-state index contributed by atoms with van der Waals surface area (Å²) >= 11 is 6.05. The summed E-state index contributed by atoms with van der Waals surface area (Å²) in [7, 11) is 1.55. The fourth-order valence-corrected chi connectivity index (χ4v) is 2.90. The van der Waals surface area contributed by atoms with Crippen molar-refractivity contribution in [3.8, 4) is 11.8 Å². The quantitative estimate of drug-likeness (QED) is 0.417. The summed E-state index contributed by atoms with van der Waals surface area (Å²) in [5, 5.41) is 15.2. The van der Waals surface area contributed by atoms with E-state index in [9.17, 15) is 14.9 Å². The Morgan fingerprint density at radius 3 is 2.42 bits per heavy atom. The van der Waals surface area contributed by atoms with Gasteiger partial charge in [-0.15, -0.1) is 0 Å². The molecule has 0 heterocycles. The minimum atomic E-state index is -0.580. The van der Waals surface area contributed by atoms with Gasteiger partial charge >= 0.3 is 0 Å². The average molecular weight is 432 g/mol. The van der Waals surface area contributed by atoms with Crippen LogP contribution in [0.5, 0.6) is 5.75 Å². The number of para-hydroxylation sites is 1. The number of hydrogen-bond donors (Lipinski definition) is 2. The summed E-state index contributed by atoms with van der Waals surface area (Å²) in [6.45, 7) is 0. The Hall–Kier alpha value is -4.08. The Morgan fingerprint density at radius 2 is 1.74 bits per heavy atom. The fraction of sp³-hybridized carbons (Fsp3) is 0.0417. The molecule has 2 N–H and O–H groups in total. The first-order valence-corrected chi connectivity index (χ1v) is 9.61. The topological polar surface area (TPSA) is 91.2 Å². The van der Waals surface area contributed by atoms with Crippen LogP contribution in [0.1, 0.15) is 15.9 Å². The molecule has 3 aromatic carbocycles. The van der Waals surface area contributed by atoms with Crippen LogP contribution in [0.4, 0.5) is 11.4 Å². The van der Waals surface area contributed by atoms with Crippen LogP contribution in [0.15, 0.2) is 78.4 Å². The Balaban J connectivity index is 1.75. The minimum absolute atomic E-state index is 0.0986. The molecule has 0 radical (unpaired) electrons. The predicted octanol–water partition coefficient (Wildman–Crippen LogP) is 5.15. The van der Waals surface area contributed by atoms with Crippen molar-refractivity contribution < 1.29 is 14.3 Å². The van der Waals surface area contributed by atoms with E-state index in [1.807, 2.05) is 6.07 Å². The number of carbonyl (C=O) groups excluding carboxylic acids is 2. The van der Waals surface area contributed by atoms with Crippen molar-refractivity contribution in [2.45, 2.75) is 0 Å². The van der Waals surface area contributed by atoms with Crippen LogP contribution in [0.3, 0.4) is 0 Å². The molecule has 0 fully saturated rings. The molecule has 0 spiro atoms. The second kappa shape index (κ2) is 10.1. The first kappa shape index (κ1) is 21.6. The van der Waals surface area contributed by atoms with Gasteiger partial charge in [0.15, 0.2) is 0 Å². The maximum atomic E-state index is 12.5. The van der Waals surface area contributed by atoms with Gasteiger partial charge in [0.2, 0.25) is 0 Å². The molecular formula is C24H18ClN3O3. The second-order valence-electron chi connectivity index (χ2n) is 6.41. The number of hydrogen-bond acceptors (Lipinski definition) is 4. The van der Waals surface area contributed by atoms with Gasteiger partial charge in [0.05, 0.1) is 17.8 Å². The van der Waals surface area contributed by atoms with Crippen molar-refractivity contribution in [3.05, 3.63) is 94.5 Å². The van der Waals surface area contributed by atoms with Crippen LogP contribution in [-0.4, -0.2) is 18.9 Å². The summed E-state index contributed by atoms with van der Waals surface area (Å²) in [5.41, 5.74) is 1.89. The molecule has 31 heavy (non-hydrogen) atoms. The molecule has 0 bridgehead atoms. The molecule has 0 aliphatic heterocycles. The average Bonchev–Trinajstić information content (AvgIpc) is 2.79. The van der Waals surface area contributed by atoms with Gasteiger partial charge in [-0.05, 0) is 60.2 Å². The highest BCUT2D eigenvalue weighted by Crippen LogP contribution is 2.22. The molecule has 6 nitrogen and oxygen atoms in total. The number of methoxy groups -OCH3 is 1. The highest BCUT2D eigenvalue weighted by atomic mass is 35.5. The lowest BCUT2D eigenvalue weighted by molar-refractivity contribution is -0.112. The van der Waals surface area contributed by atoms with Crippen LogP contribution in [-0.2, 0) is 4.79 Å². The number of halogens is 1. The molecule has 154 valence electrons. The van der Waals surface area contributed by atoms with Crippen molar-refractivity contribution in [2.75, 3.05) is 17.7 Å². The third-order valence-electron chi connectivity index (χ3n) is 4.29. The Labute approximate surface area is 184 Å². The zero-order chi connectivity index (χ0) is 22.2. The number of nitrogens with zero attached hydrogens (tertiary/aromatic N) is 1. The molecule has 0 unspecified atom stereocenters. The molecule has 2 amide bonds. The van der Waals surface area contributed by atoms with Crippen LogP contribution in [0, 0.1) is 11.3 Å². The zero-order valence-electron chi connectivity index (χ0n) is 16.6. The summed E-state index contributed by atoms with van der Waals surface area (Å²) < 4.78 is 5.09. The van der Waals surface area contributed by atoms with Crippen molar-refractivity contribution in [3.63, 3.8) is 0 Å². The van der Waals surface area contributed by atoms with E-state index in [1.54, 1.807) is 79.9 Å². The lowest BCUT2D eigenvalue weighted by Crippen LogP contribution is -2.14. The Bertz CT molecular complexity index is 1180. The van der Waals surface area contributed by atoms with Gasteiger partial charge in [-0.25, -0.2) is 0 Å². The van der Waals surface area contributed by atoms with Crippen molar-refractivity contribution in [1.82, 2.24) is 0 Å². The zero-order valence-corrected chi connectivity index (χ0v) is 17.3. The molecule has 0 saturated carbocycles. The fourth-order valence-electron chi connectivity index (χ4n) is 2.72. The summed E-state index contributed by atoms with van der Waals surface area (Å²) in [6, 6.07) is 22.2. The van der Waals surface area contributed by atoms with Gasteiger partial charge < -0.3 is 15.4 Å². The van der Waals surface area contributed by atoms with E-state index >= 15 is 0 Å². The maximum absolute atomic E-state index is 12.5. The summed E-state index contributed by atoms with van der Waals surface area (Å²) in [6.07, 6.45) is 1.44. The number of nitriles is 1. The minimum Gasteiger partial charge on any atom is -0.497 e. The Morgan fingerprint density at radius 1 is 1.00 bits per heavy atom. The van der Waals surface area contributed by atoms with Crippen LogP contribution in [0.2, 0.25) is 5.02 Å².